The van der Waals surface area contributed by atoms with Crippen molar-refractivity contribution in [3.8, 4) is 0 Å². The van der Waals surface area contributed by atoms with Crippen molar-refractivity contribution in [3.05, 3.63) is 0 Å². The fourth-order valence-electron chi connectivity index (χ4n) is 1.68. The third-order valence-corrected chi connectivity index (χ3v) is 2.96. The van der Waals surface area contributed by atoms with Crippen LogP contribution >= 0.6 is 0 Å². The van der Waals surface area contributed by atoms with Gasteiger partial charge in [0.15, 0.2) is 0 Å². The van der Waals surface area contributed by atoms with Crippen LogP contribution in [0.3, 0.4) is 0 Å². The van der Waals surface area contributed by atoms with Crippen LogP contribution in [0.25, 0.3) is 0 Å². The van der Waals surface area contributed by atoms with E-state index < -0.39 is 5.97 Å². The predicted molar refractivity (Wildman–Crippen MR) is 93.9 cm³/mol. The van der Waals surface area contributed by atoms with E-state index >= 15 is 0 Å². The number of nitrogens with one attached hydrogen (secondary N) is 1. The van der Waals surface area contributed by atoms with Crippen LogP contribution in [-0.2, 0) is 33.3 Å². The topological polar surface area (TPSA) is 113 Å². The van der Waals surface area contributed by atoms with E-state index in [4.69, 9.17) is 25.1 Å². The van der Waals surface area contributed by atoms with Gasteiger partial charge in [-0.1, -0.05) is 6.92 Å². The summed E-state index contributed by atoms with van der Waals surface area (Å²) >= 11 is 0. The zero-order valence-corrected chi connectivity index (χ0v) is 15.7. The molecule has 0 atom stereocenters. The highest BCUT2D eigenvalue weighted by atomic mass is 16.6. The minimum atomic E-state index is -0.408. The maximum absolute atomic E-state index is 11.4. The standard InChI is InChI=1S/C17H33NO8/c1-2-5-18-16(20)3-4-17(21)26-15-14-25-13-12-24-11-10-23-9-8-22-7-6-19/h19H,2-15H2,1H3,(H,18,20)/i19D. The molecule has 0 aliphatic carbocycles. The lowest BCUT2D eigenvalue weighted by molar-refractivity contribution is -0.146. The second kappa shape index (κ2) is 20.1. The monoisotopic (exact) mass is 380 g/mol. The van der Waals surface area contributed by atoms with Gasteiger partial charge < -0.3 is 34.1 Å². The van der Waals surface area contributed by atoms with Crippen molar-refractivity contribution in [1.82, 2.24) is 5.32 Å². The van der Waals surface area contributed by atoms with Gasteiger partial charge in [0, 0.05) is 13.0 Å². The lowest BCUT2D eigenvalue weighted by atomic mass is 10.3. The Hall–Kier alpha value is -1.26. The van der Waals surface area contributed by atoms with Gasteiger partial charge in [0.05, 0.1) is 65.9 Å². The van der Waals surface area contributed by atoms with Gasteiger partial charge in [-0.3, -0.25) is 9.59 Å². The molecule has 0 saturated heterocycles. The van der Waals surface area contributed by atoms with Crippen LogP contribution in [0.1, 0.15) is 26.2 Å². The number of aliphatic hydroxyl groups excluding tert-OH is 1. The molecule has 0 aromatic carbocycles. The summed E-state index contributed by atoms with van der Waals surface area (Å²) in [6.07, 6.45) is 1.08. The summed E-state index contributed by atoms with van der Waals surface area (Å²) in [5.41, 5.74) is 0. The van der Waals surface area contributed by atoms with Crippen molar-refractivity contribution >= 4 is 11.9 Å². The first-order valence-electron chi connectivity index (χ1n) is 9.43. The van der Waals surface area contributed by atoms with Gasteiger partial charge in [0.2, 0.25) is 7.34 Å². The number of amides is 1. The summed E-state index contributed by atoms with van der Waals surface area (Å²) < 4.78 is 32.4. The Morgan fingerprint density at radius 2 is 1.38 bits per heavy atom. The molecule has 9 nitrogen and oxygen atoms in total. The molecule has 0 aliphatic heterocycles. The number of carbonyl (C=O) groups excluding carboxylic acids is 2. The maximum atomic E-state index is 11.4. The summed E-state index contributed by atoms with van der Waals surface area (Å²) in [5.74, 6) is -0.549. The van der Waals surface area contributed by atoms with Gasteiger partial charge in [-0.25, -0.2) is 0 Å². The second-order valence-electron chi connectivity index (χ2n) is 5.22. The lowest BCUT2D eigenvalue weighted by Gasteiger charge is -2.08. The van der Waals surface area contributed by atoms with Crippen LogP contribution in [0.15, 0.2) is 0 Å². The molecule has 0 aromatic rings. The van der Waals surface area contributed by atoms with Gasteiger partial charge in [-0.15, -0.1) is 0 Å². The molecular weight excluding hydrogens is 346 g/mol. The molecule has 2 N–H and O–H groups in total. The Morgan fingerprint density at radius 3 is 1.92 bits per heavy atom. The van der Waals surface area contributed by atoms with Gasteiger partial charge in [-0.2, -0.15) is 0 Å². The van der Waals surface area contributed by atoms with Crippen molar-refractivity contribution < 1.29 is 38.4 Å². The van der Waals surface area contributed by atoms with E-state index in [9.17, 15) is 9.59 Å². The van der Waals surface area contributed by atoms with E-state index in [0.29, 0.717) is 52.8 Å². The highest BCUT2D eigenvalue weighted by molar-refractivity contribution is 5.81. The van der Waals surface area contributed by atoms with E-state index in [1.165, 1.54) is 0 Å². The summed E-state index contributed by atoms with van der Waals surface area (Å²) in [6.45, 7) is 6.30. The number of rotatable bonds is 20. The van der Waals surface area contributed by atoms with E-state index in [2.05, 4.69) is 10.4 Å². The molecule has 0 saturated carbocycles. The summed E-state index contributed by atoms with van der Waals surface area (Å²) in [6, 6.07) is 0. The van der Waals surface area contributed by atoms with Crippen LogP contribution < -0.4 is 5.32 Å². The molecule has 0 bridgehead atoms. The Kier molecular flexibility index (Phi) is 17.6. The van der Waals surface area contributed by atoms with Crippen molar-refractivity contribution in [2.45, 2.75) is 26.2 Å². The van der Waals surface area contributed by atoms with Crippen LogP contribution in [0.2, 0.25) is 0 Å². The molecular formula is C17H33NO8. The number of esters is 1. The average molecular weight is 380 g/mol. The minimum Gasteiger partial charge on any atom is -0.463 e. The molecule has 0 heterocycles. The third-order valence-electron chi connectivity index (χ3n) is 2.96. The van der Waals surface area contributed by atoms with Gasteiger partial charge in [0.25, 0.3) is 0 Å². The van der Waals surface area contributed by atoms with Gasteiger partial charge in [0.1, 0.15) is 6.61 Å². The maximum Gasteiger partial charge on any atom is 0.306 e. The zero-order chi connectivity index (χ0) is 20.0. The Morgan fingerprint density at radius 1 is 0.846 bits per heavy atom. The number of hydrogen-bond acceptors (Lipinski definition) is 8. The van der Waals surface area contributed by atoms with E-state index in [1.807, 2.05) is 6.92 Å². The molecule has 0 aliphatic rings. The Balaban J connectivity index is 3.20. The first kappa shape index (κ1) is 22.8. The van der Waals surface area contributed by atoms with E-state index in [0.717, 1.165) is 6.42 Å². The summed E-state index contributed by atoms with van der Waals surface area (Å²) in [4.78, 5) is 22.8. The SMILES string of the molecule is [2H]OCCOCCOCCOCCOCCOC(=O)CCC(=O)NCCC. The molecule has 0 unspecified atom stereocenters. The molecule has 154 valence electrons. The zero-order valence-electron chi connectivity index (χ0n) is 16.7. The van der Waals surface area contributed by atoms with Crippen molar-refractivity contribution in [2.75, 3.05) is 72.6 Å². The van der Waals surface area contributed by atoms with Crippen LogP contribution in [0.4, 0.5) is 0 Å². The van der Waals surface area contributed by atoms with Crippen molar-refractivity contribution in [2.24, 2.45) is 0 Å². The van der Waals surface area contributed by atoms with Crippen molar-refractivity contribution in [3.63, 3.8) is 0 Å². The molecule has 9 heteroatoms. The van der Waals surface area contributed by atoms with Crippen molar-refractivity contribution in [1.29, 1.82) is 1.43 Å². The first-order chi connectivity index (χ1) is 13.2. The normalized spacial score (nSPS) is 11.2. The Labute approximate surface area is 156 Å². The van der Waals surface area contributed by atoms with Crippen LogP contribution in [0, 0.1) is 0 Å². The van der Waals surface area contributed by atoms with Gasteiger partial charge >= 0.3 is 5.97 Å². The highest BCUT2D eigenvalue weighted by Crippen LogP contribution is 1.93. The molecule has 0 radical (unpaired) electrons. The largest absolute Gasteiger partial charge is 0.463 e. The number of hydrogen-bond donors (Lipinski definition) is 2. The third kappa shape index (κ3) is 19.1. The molecule has 0 spiro atoms. The number of aliphatic hydroxyl groups is 1. The average Bonchev–Trinajstić information content (AvgIpc) is 2.67. The highest BCUT2D eigenvalue weighted by Gasteiger charge is 2.07. The summed E-state index contributed by atoms with van der Waals surface area (Å²) in [7, 11) is 0. The number of ether oxygens (including phenoxy) is 5. The van der Waals surface area contributed by atoms with E-state index in [-0.39, 0.29) is 38.6 Å². The molecule has 0 aromatic heterocycles. The first-order valence-corrected chi connectivity index (χ1v) is 9.02. The molecule has 0 rings (SSSR count). The van der Waals surface area contributed by atoms with E-state index in [1.54, 1.807) is 0 Å². The minimum absolute atomic E-state index is 0.0711. The molecule has 26 heavy (non-hydrogen) atoms. The predicted octanol–water partition coefficient (Wildman–Crippen LogP) is -0.105. The fourth-order valence-corrected chi connectivity index (χ4v) is 1.68. The van der Waals surface area contributed by atoms with Crippen LogP contribution in [-0.4, -0.2) is 91.0 Å². The lowest BCUT2D eigenvalue weighted by Crippen LogP contribution is -2.24. The second-order valence-corrected chi connectivity index (χ2v) is 5.22. The smallest absolute Gasteiger partial charge is 0.306 e. The van der Waals surface area contributed by atoms with Crippen LogP contribution in [0.5, 0.6) is 0 Å². The fraction of sp³-hybridized carbons (Fsp3) is 0.882. The van der Waals surface area contributed by atoms with Gasteiger partial charge in [-0.05, 0) is 6.42 Å². The quantitative estimate of drug-likeness (QED) is 0.222. The Bertz CT molecular complexity index is 360. The molecule has 1 amide bonds. The molecule has 0 fully saturated rings. The summed E-state index contributed by atoms with van der Waals surface area (Å²) in [5, 5.41) is 6.80. The number of carbonyl (C=O) groups is 2.